The Hall–Kier alpha value is -0.340. The molecule has 2 heteroatoms. The Balaban J connectivity index is 1.36. The van der Waals surface area contributed by atoms with E-state index in [4.69, 9.17) is 16.1 Å². The van der Waals surface area contributed by atoms with Crippen LogP contribution in [0.4, 0.5) is 0 Å². The number of fused-ring (bicyclic) bond motifs is 3. The maximum absolute atomic E-state index is 6.68. The molecule has 1 aliphatic heterocycles. The summed E-state index contributed by atoms with van der Waals surface area (Å²) in [4.78, 5) is 0. The summed E-state index contributed by atoms with van der Waals surface area (Å²) in [5.41, 5.74) is 2.17. The van der Waals surface area contributed by atoms with Crippen LogP contribution in [-0.2, 0) is 9.47 Å². The van der Waals surface area contributed by atoms with E-state index in [0.29, 0.717) is 17.4 Å². The average Bonchev–Trinajstić information content (AvgIpc) is 3.42. The van der Waals surface area contributed by atoms with E-state index in [1.165, 1.54) is 57.8 Å². The third-order valence-corrected chi connectivity index (χ3v) is 11.6. The maximum Gasteiger partial charge on any atom is 0.0802 e. The highest BCUT2D eigenvalue weighted by Gasteiger charge is 2.63. The first-order valence-corrected chi connectivity index (χ1v) is 14.2. The Labute approximate surface area is 198 Å². The Morgan fingerprint density at radius 3 is 2.66 bits per heavy atom. The van der Waals surface area contributed by atoms with E-state index in [-0.39, 0.29) is 5.60 Å². The highest BCUT2D eigenvalue weighted by Crippen LogP contribution is 2.67. The van der Waals surface area contributed by atoms with Gasteiger partial charge in [-0.2, -0.15) is 0 Å². The number of hydrogen-bond acceptors (Lipinski definition) is 2. The first-order chi connectivity index (χ1) is 15.3. The molecule has 1 spiro atoms. The minimum absolute atomic E-state index is 0.0493. The number of rotatable bonds is 6. The van der Waals surface area contributed by atoms with Crippen molar-refractivity contribution in [2.24, 2.45) is 52.8 Å². The zero-order chi connectivity index (χ0) is 22.7. The van der Waals surface area contributed by atoms with Crippen molar-refractivity contribution in [3.8, 4) is 0 Å². The second kappa shape index (κ2) is 8.71. The lowest BCUT2D eigenvalue weighted by Gasteiger charge is -2.51. The normalized spacial score (nSPS) is 48.8. The lowest BCUT2D eigenvalue weighted by Crippen LogP contribution is -2.43. The van der Waals surface area contributed by atoms with Gasteiger partial charge in [-0.15, -0.1) is 0 Å². The van der Waals surface area contributed by atoms with E-state index in [1.54, 1.807) is 5.57 Å². The monoisotopic (exact) mass is 442 g/mol. The van der Waals surface area contributed by atoms with Gasteiger partial charge in [0.15, 0.2) is 0 Å². The first kappa shape index (κ1) is 23.4. The molecule has 4 aliphatic carbocycles. The molecular formula is C30H50O2. The Morgan fingerprint density at radius 1 is 1.09 bits per heavy atom. The SMILES string of the molecule is C=C1[C@H]2CC[C@]3(C)[C@@H]([C@H](C)CCCC(C)C)CC[C@H]3[C@@H]2C[C@@H]2CCO[C@@]23C[C@@H](OC)C[C@@H]13. The molecule has 0 aromatic heterocycles. The van der Waals surface area contributed by atoms with Gasteiger partial charge in [0.25, 0.3) is 0 Å². The van der Waals surface area contributed by atoms with Gasteiger partial charge < -0.3 is 9.47 Å². The molecule has 4 saturated carbocycles. The summed E-state index contributed by atoms with van der Waals surface area (Å²) < 4.78 is 12.6. The summed E-state index contributed by atoms with van der Waals surface area (Å²) in [6, 6.07) is 0. The molecule has 10 atom stereocenters. The van der Waals surface area contributed by atoms with Crippen LogP contribution in [0.1, 0.15) is 98.3 Å². The van der Waals surface area contributed by atoms with Crippen molar-refractivity contribution in [3.05, 3.63) is 12.2 Å². The summed E-state index contributed by atoms with van der Waals surface area (Å²) in [6.45, 7) is 15.8. The first-order valence-electron chi connectivity index (χ1n) is 14.2. The molecule has 0 radical (unpaired) electrons. The Bertz CT molecular complexity index is 699. The summed E-state index contributed by atoms with van der Waals surface area (Å²) in [5.74, 6) is 6.42. The predicted molar refractivity (Wildman–Crippen MR) is 132 cm³/mol. The van der Waals surface area contributed by atoms with Gasteiger partial charge in [-0.25, -0.2) is 0 Å². The zero-order valence-electron chi connectivity index (χ0n) is 21.7. The van der Waals surface area contributed by atoms with Crippen molar-refractivity contribution in [3.63, 3.8) is 0 Å². The smallest absolute Gasteiger partial charge is 0.0802 e. The van der Waals surface area contributed by atoms with Gasteiger partial charge in [-0.3, -0.25) is 0 Å². The van der Waals surface area contributed by atoms with Crippen LogP contribution in [0.5, 0.6) is 0 Å². The highest BCUT2D eigenvalue weighted by atomic mass is 16.5. The fourth-order valence-corrected chi connectivity index (χ4v) is 10.1. The van der Waals surface area contributed by atoms with E-state index in [9.17, 15) is 0 Å². The maximum atomic E-state index is 6.68. The third-order valence-electron chi connectivity index (χ3n) is 11.6. The second-order valence-electron chi connectivity index (χ2n) is 13.4. The fourth-order valence-electron chi connectivity index (χ4n) is 10.1. The van der Waals surface area contributed by atoms with E-state index in [1.807, 2.05) is 7.11 Å². The van der Waals surface area contributed by atoms with Crippen molar-refractivity contribution in [2.45, 2.75) is 110 Å². The van der Waals surface area contributed by atoms with Crippen molar-refractivity contribution >= 4 is 0 Å². The molecule has 32 heavy (non-hydrogen) atoms. The van der Waals surface area contributed by atoms with Gasteiger partial charge in [0.05, 0.1) is 11.7 Å². The second-order valence-corrected chi connectivity index (χ2v) is 13.4. The molecule has 0 N–H and O–H groups in total. The van der Waals surface area contributed by atoms with Crippen LogP contribution < -0.4 is 0 Å². The van der Waals surface area contributed by atoms with Crippen LogP contribution >= 0.6 is 0 Å². The quantitative estimate of drug-likeness (QED) is 0.393. The molecule has 0 aromatic rings. The summed E-state index contributed by atoms with van der Waals surface area (Å²) in [5, 5.41) is 0. The minimum Gasteiger partial charge on any atom is -0.381 e. The molecule has 2 nitrogen and oxygen atoms in total. The average molecular weight is 443 g/mol. The molecule has 0 amide bonds. The van der Waals surface area contributed by atoms with Gasteiger partial charge in [0.2, 0.25) is 0 Å². The van der Waals surface area contributed by atoms with Crippen molar-refractivity contribution in [1.29, 1.82) is 0 Å². The molecule has 0 bridgehead atoms. The largest absolute Gasteiger partial charge is 0.381 e. The number of ether oxygens (including phenoxy) is 2. The van der Waals surface area contributed by atoms with Crippen LogP contribution in [0.2, 0.25) is 0 Å². The van der Waals surface area contributed by atoms with Gasteiger partial charge in [-0.05, 0) is 91.8 Å². The summed E-state index contributed by atoms with van der Waals surface area (Å²) in [6.07, 6.45) is 15.3. The molecule has 1 saturated heterocycles. The van der Waals surface area contributed by atoms with Crippen LogP contribution in [0.15, 0.2) is 12.2 Å². The molecule has 1 heterocycles. The number of hydrogen-bond donors (Lipinski definition) is 0. The molecule has 0 aromatic carbocycles. The molecule has 5 aliphatic rings. The van der Waals surface area contributed by atoms with Crippen LogP contribution in [0, 0.1) is 52.8 Å². The lowest BCUT2D eigenvalue weighted by molar-refractivity contribution is -0.0523. The molecular weight excluding hydrogens is 392 g/mol. The van der Waals surface area contributed by atoms with Crippen molar-refractivity contribution in [1.82, 2.24) is 0 Å². The Kier molecular flexibility index (Phi) is 6.37. The molecule has 182 valence electrons. The van der Waals surface area contributed by atoms with Crippen LogP contribution in [-0.4, -0.2) is 25.4 Å². The fraction of sp³-hybridized carbons (Fsp3) is 0.933. The van der Waals surface area contributed by atoms with E-state index >= 15 is 0 Å². The van der Waals surface area contributed by atoms with Crippen molar-refractivity contribution < 1.29 is 9.47 Å². The van der Waals surface area contributed by atoms with Gasteiger partial charge in [0.1, 0.15) is 0 Å². The van der Waals surface area contributed by atoms with Gasteiger partial charge in [0, 0.05) is 26.1 Å². The van der Waals surface area contributed by atoms with E-state index < -0.39 is 0 Å². The molecule has 0 unspecified atom stereocenters. The Morgan fingerprint density at radius 2 is 1.91 bits per heavy atom. The highest BCUT2D eigenvalue weighted by molar-refractivity contribution is 5.25. The van der Waals surface area contributed by atoms with E-state index in [2.05, 4.69) is 27.7 Å². The molecule has 5 fully saturated rings. The zero-order valence-corrected chi connectivity index (χ0v) is 21.7. The van der Waals surface area contributed by atoms with Gasteiger partial charge >= 0.3 is 0 Å². The standard InChI is InChI=1S/C30H50O2/c1-19(2)8-7-9-20(3)26-10-11-27-25-16-22-13-15-32-30(22)18-23(31-6)17-28(30)21(4)24(25)12-14-29(26,27)5/h19-20,22-28H,4,7-18H2,1-3,5-6H3/t20-,22+,23+,24-,25-,26-,27+,28+,29-,30+/m1/s1. The molecule has 5 rings (SSSR count). The van der Waals surface area contributed by atoms with E-state index in [0.717, 1.165) is 60.9 Å². The summed E-state index contributed by atoms with van der Waals surface area (Å²) >= 11 is 0. The van der Waals surface area contributed by atoms with Crippen LogP contribution in [0.25, 0.3) is 0 Å². The number of methoxy groups -OCH3 is 1. The van der Waals surface area contributed by atoms with Gasteiger partial charge in [-0.1, -0.05) is 59.1 Å². The topological polar surface area (TPSA) is 18.5 Å². The van der Waals surface area contributed by atoms with Crippen molar-refractivity contribution in [2.75, 3.05) is 13.7 Å². The van der Waals surface area contributed by atoms with Crippen LogP contribution in [0.3, 0.4) is 0 Å². The lowest BCUT2D eigenvalue weighted by atomic mass is 9.54. The third kappa shape index (κ3) is 3.57. The minimum atomic E-state index is 0.0493. The predicted octanol–water partition coefficient (Wildman–Crippen LogP) is 7.67. The summed E-state index contributed by atoms with van der Waals surface area (Å²) in [7, 11) is 1.90.